The van der Waals surface area contributed by atoms with E-state index in [2.05, 4.69) is 10.1 Å². The Morgan fingerprint density at radius 1 is 1.47 bits per heavy atom. The second kappa shape index (κ2) is 5.58. The normalized spacial score (nSPS) is 22.8. The van der Waals surface area contributed by atoms with Gasteiger partial charge in [-0.1, -0.05) is 0 Å². The van der Waals surface area contributed by atoms with Crippen LogP contribution in [0, 0.1) is 11.3 Å². The van der Waals surface area contributed by atoms with Crippen molar-refractivity contribution >= 4 is 33.0 Å². The number of alkyl halides is 2. The third kappa shape index (κ3) is 3.06. The Morgan fingerprint density at radius 2 is 2.16 bits per heavy atom. The number of nitrogens with zero attached hydrogens (tertiary/aromatic N) is 3. The van der Waals surface area contributed by atoms with Crippen LogP contribution in [-0.4, -0.2) is 46.4 Å². The maximum absolute atomic E-state index is 11.7. The molecule has 1 aromatic rings. The first kappa shape index (κ1) is 15.1. The van der Waals surface area contributed by atoms with Crippen molar-refractivity contribution in [2.75, 3.05) is 23.3 Å². The maximum Gasteiger partial charge on any atom is 0.150 e. The van der Waals surface area contributed by atoms with Gasteiger partial charge in [-0.3, -0.25) is 4.68 Å². The van der Waals surface area contributed by atoms with Gasteiger partial charge in [-0.2, -0.15) is 5.10 Å². The van der Waals surface area contributed by atoms with Gasteiger partial charge in [0.2, 0.25) is 0 Å². The van der Waals surface area contributed by atoms with Crippen LogP contribution < -0.4 is 0 Å². The summed E-state index contributed by atoms with van der Waals surface area (Å²) in [6.07, 6.45) is 2.66. The van der Waals surface area contributed by atoms with E-state index in [0.717, 1.165) is 5.82 Å². The summed E-state index contributed by atoms with van der Waals surface area (Å²) in [4.78, 5) is 4.19. The predicted octanol–water partition coefficient (Wildman–Crippen LogP) is 1.26. The van der Waals surface area contributed by atoms with Crippen LogP contribution in [0.15, 0.2) is 6.33 Å². The fourth-order valence-corrected chi connectivity index (χ4v) is 5.42. The van der Waals surface area contributed by atoms with Crippen molar-refractivity contribution in [2.45, 2.75) is 12.8 Å². The van der Waals surface area contributed by atoms with Crippen LogP contribution in [0.2, 0.25) is 0 Å². The molecule has 2 rings (SSSR count). The lowest BCUT2D eigenvalue weighted by atomic mass is 9.75. The first-order chi connectivity index (χ1) is 8.92. The van der Waals surface area contributed by atoms with Crippen molar-refractivity contribution < 1.29 is 8.42 Å². The molecule has 1 aliphatic rings. The molecule has 8 heteroatoms. The van der Waals surface area contributed by atoms with E-state index in [9.17, 15) is 8.42 Å². The molecule has 0 radical (unpaired) electrons. The highest BCUT2D eigenvalue weighted by molar-refractivity contribution is 7.91. The summed E-state index contributed by atoms with van der Waals surface area (Å²) in [6, 6.07) is 0. The molecular formula is C11H17Cl2N3O2S. The molecule has 0 spiro atoms. The molecule has 19 heavy (non-hydrogen) atoms. The average Bonchev–Trinajstić information content (AvgIpc) is 2.93. The summed E-state index contributed by atoms with van der Waals surface area (Å²) in [5.41, 5.74) is -0.437. The van der Waals surface area contributed by atoms with Crippen LogP contribution in [0.3, 0.4) is 0 Å². The Balaban J connectivity index is 2.25. The predicted molar refractivity (Wildman–Crippen MR) is 75.3 cm³/mol. The van der Waals surface area contributed by atoms with Crippen molar-refractivity contribution in [2.24, 2.45) is 18.4 Å². The fraction of sp³-hybridized carbons (Fsp3) is 0.818. The molecule has 0 aliphatic carbocycles. The second-order valence-corrected chi connectivity index (χ2v) is 7.97. The van der Waals surface area contributed by atoms with Gasteiger partial charge in [0, 0.05) is 30.6 Å². The smallest absolute Gasteiger partial charge is 0.150 e. The molecule has 1 unspecified atom stereocenters. The van der Waals surface area contributed by atoms with E-state index < -0.39 is 15.3 Å². The van der Waals surface area contributed by atoms with E-state index in [1.54, 1.807) is 11.7 Å². The molecule has 108 valence electrons. The van der Waals surface area contributed by atoms with E-state index >= 15 is 0 Å². The van der Waals surface area contributed by atoms with E-state index in [0.29, 0.717) is 24.6 Å². The standard InChI is InChI=1S/C11H17Cl2N3O2S/c1-16-10(14-8-15-16)4-11(6-12,7-13)9-2-3-19(17,18)5-9/h8-9H,2-7H2,1H3. The quantitative estimate of drug-likeness (QED) is 0.764. The van der Waals surface area contributed by atoms with Crippen LogP contribution in [0.5, 0.6) is 0 Å². The average molecular weight is 326 g/mol. The molecule has 0 amide bonds. The van der Waals surface area contributed by atoms with Crippen LogP contribution >= 0.6 is 23.2 Å². The molecule has 1 aromatic heterocycles. The molecule has 1 fully saturated rings. The number of sulfone groups is 1. The molecule has 5 nitrogen and oxygen atoms in total. The van der Waals surface area contributed by atoms with Gasteiger partial charge < -0.3 is 0 Å². The Kier molecular flexibility index (Phi) is 4.42. The van der Waals surface area contributed by atoms with Crippen molar-refractivity contribution in [3.63, 3.8) is 0 Å². The minimum Gasteiger partial charge on any atom is -0.253 e. The zero-order chi connectivity index (χ0) is 14.1. The second-order valence-electron chi connectivity index (χ2n) is 5.21. The Hall–Kier alpha value is -0.330. The highest BCUT2D eigenvalue weighted by Gasteiger charge is 2.44. The fourth-order valence-electron chi connectivity index (χ4n) is 2.57. The number of halogens is 2. The number of rotatable bonds is 5. The Morgan fingerprint density at radius 3 is 2.58 bits per heavy atom. The molecule has 0 bridgehead atoms. The first-order valence-electron chi connectivity index (χ1n) is 6.08. The topological polar surface area (TPSA) is 64.8 Å². The lowest BCUT2D eigenvalue weighted by Crippen LogP contribution is -2.38. The zero-order valence-electron chi connectivity index (χ0n) is 10.7. The number of aromatic nitrogens is 3. The van der Waals surface area contributed by atoms with Gasteiger partial charge in [0.15, 0.2) is 9.84 Å². The first-order valence-corrected chi connectivity index (χ1v) is 8.97. The molecule has 1 aliphatic heterocycles. The van der Waals surface area contributed by atoms with Crippen molar-refractivity contribution in [3.8, 4) is 0 Å². The van der Waals surface area contributed by atoms with Crippen molar-refractivity contribution in [3.05, 3.63) is 12.2 Å². The highest BCUT2D eigenvalue weighted by atomic mass is 35.5. The SMILES string of the molecule is Cn1ncnc1CC(CCl)(CCl)C1CCS(=O)(=O)C1. The van der Waals surface area contributed by atoms with E-state index in [1.165, 1.54) is 6.33 Å². The van der Waals surface area contributed by atoms with Gasteiger partial charge in [-0.25, -0.2) is 13.4 Å². The van der Waals surface area contributed by atoms with Gasteiger partial charge in [0.05, 0.1) is 11.5 Å². The van der Waals surface area contributed by atoms with Crippen molar-refractivity contribution in [1.82, 2.24) is 14.8 Å². The molecule has 0 N–H and O–H groups in total. The van der Waals surface area contributed by atoms with Gasteiger partial charge in [-0.15, -0.1) is 23.2 Å². The summed E-state index contributed by atoms with van der Waals surface area (Å²) in [7, 11) is -1.14. The Bertz CT molecular complexity index is 540. The van der Waals surface area contributed by atoms with Gasteiger partial charge >= 0.3 is 0 Å². The van der Waals surface area contributed by atoms with Gasteiger partial charge in [-0.05, 0) is 12.3 Å². The number of hydrogen-bond acceptors (Lipinski definition) is 4. The minimum absolute atomic E-state index is 0.0100. The lowest BCUT2D eigenvalue weighted by molar-refractivity contribution is 0.237. The monoisotopic (exact) mass is 325 g/mol. The molecule has 0 saturated carbocycles. The van der Waals surface area contributed by atoms with Gasteiger partial charge in [0.25, 0.3) is 0 Å². The van der Waals surface area contributed by atoms with Crippen LogP contribution in [0.4, 0.5) is 0 Å². The molecule has 0 aromatic carbocycles. The van der Waals surface area contributed by atoms with Gasteiger partial charge in [0.1, 0.15) is 12.2 Å². The highest BCUT2D eigenvalue weighted by Crippen LogP contribution is 2.40. The summed E-state index contributed by atoms with van der Waals surface area (Å²) < 4.78 is 25.0. The zero-order valence-corrected chi connectivity index (χ0v) is 13.0. The lowest BCUT2D eigenvalue weighted by Gasteiger charge is -2.34. The summed E-state index contributed by atoms with van der Waals surface area (Å²) in [5, 5.41) is 4.03. The third-order valence-electron chi connectivity index (χ3n) is 3.95. The van der Waals surface area contributed by atoms with Crippen molar-refractivity contribution in [1.29, 1.82) is 0 Å². The van der Waals surface area contributed by atoms with E-state index in [1.807, 2.05) is 0 Å². The largest absolute Gasteiger partial charge is 0.253 e. The molecular weight excluding hydrogens is 309 g/mol. The van der Waals surface area contributed by atoms with Crippen LogP contribution in [0.1, 0.15) is 12.2 Å². The molecule has 1 atom stereocenters. The number of hydrogen-bond donors (Lipinski definition) is 0. The number of aryl methyl sites for hydroxylation is 1. The minimum atomic E-state index is -2.95. The van der Waals surface area contributed by atoms with Crippen LogP contribution in [0.25, 0.3) is 0 Å². The summed E-state index contributed by atoms with van der Waals surface area (Å²) >= 11 is 12.3. The molecule has 2 heterocycles. The molecule has 1 saturated heterocycles. The van der Waals surface area contributed by atoms with E-state index in [-0.39, 0.29) is 17.4 Å². The summed E-state index contributed by atoms with van der Waals surface area (Å²) in [6.45, 7) is 0. The maximum atomic E-state index is 11.7. The third-order valence-corrected chi connectivity index (χ3v) is 6.78. The van der Waals surface area contributed by atoms with E-state index in [4.69, 9.17) is 23.2 Å². The van der Waals surface area contributed by atoms with Crippen LogP contribution in [-0.2, 0) is 23.3 Å². The summed E-state index contributed by atoms with van der Waals surface area (Å²) in [5.74, 6) is 1.82. The Labute approximate surface area is 123 Å².